The van der Waals surface area contributed by atoms with Crippen LogP contribution in [-0.4, -0.2) is 25.0 Å². The number of nitrogens with one attached hydrogen (secondary N) is 2. The summed E-state index contributed by atoms with van der Waals surface area (Å²) in [5.41, 5.74) is 0.820. The molecule has 4 nitrogen and oxygen atoms in total. The molecular weight excluding hydrogens is 226 g/mol. The van der Waals surface area contributed by atoms with E-state index in [1.807, 2.05) is 18.2 Å². The van der Waals surface area contributed by atoms with Gasteiger partial charge in [0.2, 0.25) is 5.91 Å². The summed E-state index contributed by atoms with van der Waals surface area (Å²) in [6.45, 7) is 1.49. The van der Waals surface area contributed by atoms with E-state index < -0.39 is 0 Å². The fourth-order valence-electron chi connectivity index (χ4n) is 1.47. The van der Waals surface area contributed by atoms with Crippen LogP contribution < -0.4 is 10.6 Å². The van der Waals surface area contributed by atoms with Crippen LogP contribution in [0.5, 0.6) is 0 Å². The molecule has 0 saturated heterocycles. The molecule has 0 aromatic heterocycles. The lowest BCUT2D eigenvalue weighted by atomic mass is 10.1. The molecule has 0 saturated carbocycles. The van der Waals surface area contributed by atoms with Gasteiger partial charge in [0.25, 0.3) is 0 Å². The molecule has 2 N–H and O–H groups in total. The number of halogens is 1. The van der Waals surface area contributed by atoms with Crippen LogP contribution in [0.15, 0.2) is 29.3 Å². The second-order valence-corrected chi connectivity index (χ2v) is 3.88. The van der Waals surface area contributed by atoms with E-state index in [0.717, 1.165) is 12.1 Å². The van der Waals surface area contributed by atoms with Gasteiger partial charge in [-0.1, -0.05) is 29.8 Å². The second kappa shape index (κ2) is 4.99. The van der Waals surface area contributed by atoms with Gasteiger partial charge in [0.1, 0.15) is 0 Å². The number of guanidine groups is 1. The first-order valence-electron chi connectivity index (χ1n) is 5.07. The van der Waals surface area contributed by atoms with E-state index in [1.54, 1.807) is 6.07 Å². The monoisotopic (exact) mass is 237 g/mol. The molecule has 1 aliphatic heterocycles. The molecule has 0 radical (unpaired) electrons. The standard InChI is InChI=1S/C11H12ClN3O/c12-9-4-2-1-3-8(9)7-10(16)15-11-13-5-6-14-11/h1-4H,5-7H2,(H2,13,14,15,16). The minimum Gasteiger partial charge on any atom is -0.354 e. The summed E-state index contributed by atoms with van der Waals surface area (Å²) < 4.78 is 0. The zero-order valence-electron chi connectivity index (χ0n) is 8.66. The largest absolute Gasteiger partial charge is 0.354 e. The molecular formula is C11H12ClN3O. The number of nitrogens with zero attached hydrogens (tertiary/aromatic N) is 1. The maximum absolute atomic E-state index is 11.6. The van der Waals surface area contributed by atoms with Crippen molar-refractivity contribution in [2.24, 2.45) is 4.99 Å². The molecule has 1 amide bonds. The van der Waals surface area contributed by atoms with Gasteiger partial charge in [0, 0.05) is 11.6 Å². The Hall–Kier alpha value is -1.55. The molecule has 0 spiro atoms. The van der Waals surface area contributed by atoms with Crippen molar-refractivity contribution < 1.29 is 4.79 Å². The lowest BCUT2D eigenvalue weighted by Crippen LogP contribution is -2.38. The number of hydrogen-bond acceptors (Lipinski definition) is 3. The van der Waals surface area contributed by atoms with Crippen molar-refractivity contribution >= 4 is 23.5 Å². The fraction of sp³-hybridized carbons (Fsp3) is 0.273. The second-order valence-electron chi connectivity index (χ2n) is 3.47. The average molecular weight is 238 g/mol. The van der Waals surface area contributed by atoms with Crippen molar-refractivity contribution in [1.29, 1.82) is 0 Å². The zero-order valence-corrected chi connectivity index (χ0v) is 9.42. The quantitative estimate of drug-likeness (QED) is 0.805. The first-order chi connectivity index (χ1) is 7.75. The number of rotatable bonds is 2. The zero-order chi connectivity index (χ0) is 11.4. The summed E-state index contributed by atoms with van der Waals surface area (Å²) in [6, 6.07) is 7.31. The van der Waals surface area contributed by atoms with E-state index in [0.29, 0.717) is 17.5 Å². The highest BCUT2D eigenvalue weighted by molar-refractivity contribution is 6.31. The topological polar surface area (TPSA) is 53.5 Å². The Morgan fingerprint density at radius 3 is 3.00 bits per heavy atom. The summed E-state index contributed by atoms with van der Waals surface area (Å²) in [5.74, 6) is 0.443. The van der Waals surface area contributed by atoms with Crippen molar-refractivity contribution in [2.75, 3.05) is 13.1 Å². The SMILES string of the molecule is O=C(Cc1ccccc1Cl)NC1=NCCN1. The van der Waals surface area contributed by atoms with E-state index >= 15 is 0 Å². The van der Waals surface area contributed by atoms with Gasteiger partial charge in [-0.2, -0.15) is 0 Å². The van der Waals surface area contributed by atoms with E-state index in [-0.39, 0.29) is 12.3 Å². The predicted molar refractivity (Wildman–Crippen MR) is 63.6 cm³/mol. The number of carbonyl (C=O) groups is 1. The van der Waals surface area contributed by atoms with Crippen molar-refractivity contribution in [3.05, 3.63) is 34.9 Å². The number of amides is 1. The van der Waals surface area contributed by atoms with Crippen LogP contribution in [0.2, 0.25) is 5.02 Å². The van der Waals surface area contributed by atoms with Crippen LogP contribution in [0.3, 0.4) is 0 Å². The van der Waals surface area contributed by atoms with Crippen LogP contribution in [0.1, 0.15) is 5.56 Å². The minimum atomic E-state index is -0.110. The van der Waals surface area contributed by atoms with Gasteiger partial charge in [-0.3, -0.25) is 15.1 Å². The third-order valence-corrected chi connectivity index (χ3v) is 2.61. The molecule has 1 aromatic carbocycles. The van der Waals surface area contributed by atoms with Crippen molar-refractivity contribution in [3.63, 3.8) is 0 Å². The third-order valence-electron chi connectivity index (χ3n) is 2.24. The van der Waals surface area contributed by atoms with Crippen LogP contribution in [0.4, 0.5) is 0 Å². The third kappa shape index (κ3) is 2.73. The molecule has 2 rings (SSSR count). The number of benzene rings is 1. The number of hydrogen-bond donors (Lipinski definition) is 2. The van der Waals surface area contributed by atoms with Gasteiger partial charge < -0.3 is 5.32 Å². The molecule has 0 fully saturated rings. The molecule has 0 aliphatic carbocycles. The van der Waals surface area contributed by atoms with Gasteiger partial charge in [-0.15, -0.1) is 0 Å². The van der Waals surface area contributed by atoms with E-state index in [9.17, 15) is 4.79 Å². The molecule has 1 heterocycles. The Balaban J connectivity index is 1.94. The van der Waals surface area contributed by atoms with Crippen molar-refractivity contribution in [2.45, 2.75) is 6.42 Å². The van der Waals surface area contributed by atoms with Crippen LogP contribution >= 0.6 is 11.6 Å². The van der Waals surface area contributed by atoms with E-state index in [4.69, 9.17) is 11.6 Å². The molecule has 84 valence electrons. The van der Waals surface area contributed by atoms with Gasteiger partial charge in [-0.05, 0) is 11.6 Å². The van der Waals surface area contributed by atoms with Crippen LogP contribution in [0.25, 0.3) is 0 Å². The summed E-state index contributed by atoms with van der Waals surface area (Å²) in [6.07, 6.45) is 0.264. The highest BCUT2D eigenvalue weighted by Gasteiger charge is 2.10. The van der Waals surface area contributed by atoms with E-state index in [2.05, 4.69) is 15.6 Å². The molecule has 0 atom stereocenters. The average Bonchev–Trinajstić information content (AvgIpc) is 2.74. The highest BCUT2D eigenvalue weighted by atomic mass is 35.5. The minimum absolute atomic E-state index is 0.110. The Bertz CT molecular complexity index is 431. The maximum atomic E-state index is 11.6. The smallest absolute Gasteiger partial charge is 0.231 e. The predicted octanol–water partition coefficient (Wildman–Crippen LogP) is 0.958. The van der Waals surface area contributed by atoms with Crippen LogP contribution in [0, 0.1) is 0 Å². The molecule has 1 aliphatic rings. The normalized spacial score (nSPS) is 14.2. The van der Waals surface area contributed by atoms with Gasteiger partial charge in [0.15, 0.2) is 5.96 Å². The Labute approximate surface area is 98.7 Å². The molecule has 0 bridgehead atoms. The van der Waals surface area contributed by atoms with E-state index in [1.165, 1.54) is 0 Å². The lowest BCUT2D eigenvalue weighted by molar-refractivity contribution is -0.119. The van der Waals surface area contributed by atoms with Gasteiger partial charge in [0.05, 0.1) is 13.0 Å². The molecule has 5 heteroatoms. The lowest BCUT2D eigenvalue weighted by Gasteiger charge is -2.06. The summed E-state index contributed by atoms with van der Waals surface area (Å²) in [7, 11) is 0. The fourth-order valence-corrected chi connectivity index (χ4v) is 1.68. The van der Waals surface area contributed by atoms with Crippen molar-refractivity contribution in [1.82, 2.24) is 10.6 Å². The Kier molecular flexibility index (Phi) is 3.41. The molecule has 0 unspecified atom stereocenters. The number of carbonyl (C=O) groups excluding carboxylic acids is 1. The maximum Gasteiger partial charge on any atom is 0.231 e. The van der Waals surface area contributed by atoms with Crippen LogP contribution in [-0.2, 0) is 11.2 Å². The summed E-state index contributed by atoms with van der Waals surface area (Å²) >= 11 is 5.96. The van der Waals surface area contributed by atoms with Gasteiger partial charge >= 0.3 is 0 Å². The summed E-state index contributed by atoms with van der Waals surface area (Å²) in [5, 5.41) is 6.28. The first kappa shape index (κ1) is 11.0. The van der Waals surface area contributed by atoms with Crippen molar-refractivity contribution in [3.8, 4) is 0 Å². The number of aliphatic imine (C=N–C) groups is 1. The highest BCUT2D eigenvalue weighted by Crippen LogP contribution is 2.15. The Morgan fingerprint density at radius 2 is 2.31 bits per heavy atom. The molecule has 1 aromatic rings. The Morgan fingerprint density at radius 1 is 1.50 bits per heavy atom. The van der Waals surface area contributed by atoms with Gasteiger partial charge in [-0.25, -0.2) is 0 Å². The first-order valence-corrected chi connectivity index (χ1v) is 5.45. The summed E-state index contributed by atoms with van der Waals surface area (Å²) in [4.78, 5) is 15.7. The molecule has 16 heavy (non-hydrogen) atoms.